The molecule has 0 saturated carbocycles. The van der Waals surface area contributed by atoms with E-state index in [9.17, 15) is 9.59 Å². The van der Waals surface area contributed by atoms with Crippen molar-refractivity contribution in [2.45, 2.75) is 79.8 Å². The molecule has 0 aromatic carbocycles. The Kier molecular flexibility index (Phi) is 7.11. The van der Waals surface area contributed by atoms with E-state index in [1.165, 1.54) is 4.90 Å². The molecule has 1 unspecified atom stereocenters. The van der Waals surface area contributed by atoms with Gasteiger partial charge in [0.25, 0.3) is 0 Å². The van der Waals surface area contributed by atoms with Crippen LogP contribution in [0, 0.1) is 11.8 Å². The lowest BCUT2D eigenvalue weighted by atomic mass is 9.94. The molecule has 0 aliphatic carbocycles. The van der Waals surface area contributed by atoms with Crippen molar-refractivity contribution in [1.29, 1.82) is 0 Å². The largest absolute Gasteiger partial charge is 0.280 e. The Morgan fingerprint density at radius 3 is 1.83 bits per heavy atom. The van der Waals surface area contributed by atoms with Crippen LogP contribution >= 0.6 is 0 Å². The molecule has 1 fully saturated rings. The van der Waals surface area contributed by atoms with Crippen molar-refractivity contribution in [1.82, 2.24) is 19.9 Å². The Morgan fingerprint density at radius 1 is 1.00 bits per heavy atom. The molecule has 1 aliphatic heterocycles. The molecule has 2 rings (SSSR count). The zero-order chi connectivity index (χ0) is 18.6. The SMILES string of the molecule is CC(C)C1CC(=O)N(C(C)C)C1=O.CC(C)c1cn(C(C)C)nn1. The van der Waals surface area contributed by atoms with Crippen LogP contribution in [-0.2, 0) is 9.59 Å². The first kappa shape index (κ1) is 20.3. The fraction of sp³-hybridized carbons (Fsp3) is 0.778. The van der Waals surface area contributed by atoms with Crippen LogP contribution in [0.1, 0.15) is 79.5 Å². The van der Waals surface area contributed by atoms with E-state index in [2.05, 4.69) is 38.0 Å². The molecule has 0 bridgehead atoms. The zero-order valence-corrected chi connectivity index (χ0v) is 16.3. The van der Waals surface area contributed by atoms with Gasteiger partial charge in [-0.25, -0.2) is 4.68 Å². The van der Waals surface area contributed by atoms with E-state index in [-0.39, 0.29) is 29.7 Å². The molecule has 0 radical (unpaired) electrons. The van der Waals surface area contributed by atoms with E-state index in [1.807, 2.05) is 38.6 Å². The van der Waals surface area contributed by atoms with E-state index in [0.717, 1.165) is 5.69 Å². The Labute approximate surface area is 145 Å². The molecule has 1 aromatic heterocycles. The molecule has 24 heavy (non-hydrogen) atoms. The highest BCUT2D eigenvalue weighted by Crippen LogP contribution is 2.27. The summed E-state index contributed by atoms with van der Waals surface area (Å²) < 4.78 is 1.88. The molecule has 1 atom stereocenters. The van der Waals surface area contributed by atoms with Gasteiger partial charge in [-0.1, -0.05) is 32.9 Å². The summed E-state index contributed by atoms with van der Waals surface area (Å²) in [5.41, 5.74) is 1.07. The van der Waals surface area contributed by atoms with Crippen molar-refractivity contribution >= 4 is 11.8 Å². The number of hydrogen-bond acceptors (Lipinski definition) is 4. The van der Waals surface area contributed by atoms with Gasteiger partial charge in [0.2, 0.25) is 11.8 Å². The van der Waals surface area contributed by atoms with Crippen LogP contribution in [0.2, 0.25) is 0 Å². The summed E-state index contributed by atoms with van der Waals surface area (Å²) in [4.78, 5) is 24.5. The number of rotatable bonds is 4. The second-order valence-corrected chi connectivity index (χ2v) is 7.62. The first-order valence-corrected chi connectivity index (χ1v) is 8.83. The summed E-state index contributed by atoms with van der Waals surface area (Å²) in [5.74, 6) is 0.645. The second kappa shape index (κ2) is 8.40. The topological polar surface area (TPSA) is 68.1 Å². The van der Waals surface area contributed by atoms with Crippen LogP contribution in [0.3, 0.4) is 0 Å². The monoisotopic (exact) mass is 336 g/mol. The number of amides is 2. The van der Waals surface area contributed by atoms with Crippen LogP contribution in [0.5, 0.6) is 0 Å². The number of imide groups is 1. The van der Waals surface area contributed by atoms with E-state index >= 15 is 0 Å². The van der Waals surface area contributed by atoms with Crippen LogP contribution in [0.4, 0.5) is 0 Å². The van der Waals surface area contributed by atoms with Crippen LogP contribution < -0.4 is 0 Å². The predicted molar refractivity (Wildman–Crippen MR) is 94.4 cm³/mol. The van der Waals surface area contributed by atoms with Gasteiger partial charge in [-0.15, -0.1) is 5.10 Å². The smallest absolute Gasteiger partial charge is 0.233 e. The maximum Gasteiger partial charge on any atom is 0.233 e. The second-order valence-electron chi connectivity index (χ2n) is 7.62. The van der Waals surface area contributed by atoms with Gasteiger partial charge in [0.15, 0.2) is 0 Å². The lowest BCUT2D eigenvalue weighted by Crippen LogP contribution is -2.37. The summed E-state index contributed by atoms with van der Waals surface area (Å²) in [5, 5.41) is 8.05. The lowest BCUT2D eigenvalue weighted by molar-refractivity contribution is -0.141. The highest BCUT2D eigenvalue weighted by atomic mass is 16.2. The standard InChI is InChI=1S/C10H17NO2.C8H15N3/c1-6(2)8-5-9(12)11(7(3)4)10(8)13;1-6(2)8-5-11(7(3)4)10-9-8/h6-8H,5H2,1-4H3;5-7H,1-4H3. The van der Waals surface area contributed by atoms with Gasteiger partial charge < -0.3 is 0 Å². The summed E-state index contributed by atoms with van der Waals surface area (Å²) in [6.07, 6.45) is 2.41. The molecule has 0 N–H and O–H groups in total. The Bertz CT molecular complexity index is 539. The number of carbonyl (C=O) groups excluding carboxylic acids is 2. The van der Waals surface area contributed by atoms with Crippen molar-refractivity contribution in [2.75, 3.05) is 0 Å². The third-order valence-corrected chi connectivity index (χ3v) is 4.19. The third-order valence-electron chi connectivity index (χ3n) is 4.19. The Morgan fingerprint density at radius 2 is 1.58 bits per heavy atom. The van der Waals surface area contributed by atoms with E-state index in [4.69, 9.17) is 0 Å². The molecule has 2 heterocycles. The van der Waals surface area contributed by atoms with Gasteiger partial charge in [0.1, 0.15) is 0 Å². The molecule has 0 spiro atoms. The molecular weight excluding hydrogens is 304 g/mol. The molecule has 2 amide bonds. The fourth-order valence-electron chi connectivity index (χ4n) is 2.55. The Balaban J connectivity index is 0.000000243. The minimum Gasteiger partial charge on any atom is -0.280 e. The van der Waals surface area contributed by atoms with E-state index in [1.54, 1.807) is 0 Å². The normalized spacial score (nSPS) is 18.2. The van der Waals surface area contributed by atoms with Gasteiger partial charge in [-0.2, -0.15) is 0 Å². The first-order chi connectivity index (χ1) is 11.1. The number of hydrogen-bond donors (Lipinski definition) is 0. The number of aromatic nitrogens is 3. The average molecular weight is 336 g/mol. The zero-order valence-electron chi connectivity index (χ0n) is 16.3. The molecule has 6 nitrogen and oxygen atoms in total. The molecular formula is C18H32N4O2. The van der Waals surface area contributed by atoms with Crippen LogP contribution in [0.15, 0.2) is 6.20 Å². The van der Waals surface area contributed by atoms with E-state index < -0.39 is 0 Å². The highest BCUT2D eigenvalue weighted by molar-refractivity contribution is 6.03. The molecule has 1 aliphatic rings. The molecule has 1 aromatic rings. The third kappa shape index (κ3) is 4.89. The first-order valence-electron chi connectivity index (χ1n) is 8.83. The quantitative estimate of drug-likeness (QED) is 0.790. The van der Waals surface area contributed by atoms with Crippen LogP contribution in [0.25, 0.3) is 0 Å². The predicted octanol–water partition coefficient (Wildman–Crippen LogP) is 3.41. The highest BCUT2D eigenvalue weighted by Gasteiger charge is 2.40. The number of carbonyl (C=O) groups is 2. The van der Waals surface area contributed by atoms with Gasteiger partial charge in [0, 0.05) is 30.6 Å². The van der Waals surface area contributed by atoms with Crippen molar-refractivity contribution < 1.29 is 9.59 Å². The number of nitrogens with zero attached hydrogens (tertiary/aromatic N) is 4. The van der Waals surface area contributed by atoms with Crippen molar-refractivity contribution in [3.05, 3.63) is 11.9 Å². The van der Waals surface area contributed by atoms with Crippen LogP contribution in [-0.4, -0.2) is 37.7 Å². The maximum absolute atomic E-state index is 11.7. The summed E-state index contributed by atoms with van der Waals surface area (Å²) in [6.45, 7) is 16.2. The molecule has 136 valence electrons. The van der Waals surface area contributed by atoms with Crippen molar-refractivity contribution in [2.24, 2.45) is 11.8 Å². The van der Waals surface area contributed by atoms with Crippen molar-refractivity contribution in [3.8, 4) is 0 Å². The molecule has 6 heteroatoms. The lowest BCUT2D eigenvalue weighted by Gasteiger charge is -2.19. The maximum atomic E-state index is 11.7. The van der Waals surface area contributed by atoms with Gasteiger partial charge in [-0.05, 0) is 39.5 Å². The fourth-order valence-corrected chi connectivity index (χ4v) is 2.55. The minimum atomic E-state index is -0.0881. The summed E-state index contributed by atoms with van der Waals surface area (Å²) >= 11 is 0. The van der Waals surface area contributed by atoms with Gasteiger partial charge in [0.05, 0.1) is 5.69 Å². The molecule has 1 saturated heterocycles. The number of likely N-dealkylation sites (tertiary alicyclic amines) is 1. The van der Waals surface area contributed by atoms with Gasteiger partial charge in [-0.3, -0.25) is 14.5 Å². The van der Waals surface area contributed by atoms with Gasteiger partial charge >= 0.3 is 0 Å². The van der Waals surface area contributed by atoms with Crippen molar-refractivity contribution in [3.63, 3.8) is 0 Å². The Hall–Kier alpha value is -1.72. The average Bonchev–Trinajstić information content (AvgIpc) is 3.04. The summed E-state index contributed by atoms with van der Waals surface area (Å²) in [6, 6.07) is 0.416. The summed E-state index contributed by atoms with van der Waals surface area (Å²) in [7, 11) is 0. The minimum absolute atomic E-state index is 0.00347. The van der Waals surface area contributed by atoms with E-state index in [0.29, 0.717) is 18.4 Å².